The Morgan fingerprint density at radius 3 is 2.50 bits per heavy atom. The molecule has 3 heteroatoms. The van der Waals surface area contributed by atoms with Gasteiger partial charge in [-0.25, -0.2) is 0 Å². The van der Waals surface area contributed by atoms with E-state index in [9.17, 15) is 0 Å². The van der Waals surface area contributed by atoms with Crippen LogP contribution < -0.4 is 0 Å². The maximum absolute atomic E-state index is 7.92. The molecule has 0 saturated carbocycles. The highest BCUT2D eigenvalue weighted by atomic mass is 127. The molecule has 0 aliphatic heterocycles. The van der Waals surface area contributed by atoms with Gasteiger partial charge in [0.1, 0.15) is 0 Å². The van der Waals surface area contributed by atoms with E-state index in [2.05, 4.69) is 27.7 Å². The molecule has 2 nitrogen and oxygen atoms in total. The van der Waals surface area contributed by atoms with Crippen LogP contribution in [0.4, 0.5) is 0 Å². The summed E-state index contributed by atoms with van der Waals surface area (Å²) in [5.74, 6) is 0. The van der Waals surface area contributed by atoms with Crippen LogP contribution in [-0.2, 0) is 0 Å². The Kier molecular flexibility index (Phi) is 3.51. The van der Waals surface area contributed by atoms with E-state index in [1.807, 2.05) is 0 Å². The van der Waals surface area contributed by atoms with Gasteiger partial charge in [-0.1, -0.05) is 27.7 Å². The van der Waals surface area contributed by atoms with Gasteiger partial charge in [0, 0.05) is 4.43 Å². The van der Waals surface area contributed by atoms with Crippen LogP contribution in [-0.4, -0.2) is 15.3 Å². The van der Waals surface area contributed by atoms with Gasteiger partial charge in [-0.15, -0.1) is 0 Å². The molecular formula is C3H6INO. The third kappa shape index (κ3) is 2.44. The molecule has 6 heavy (non-hydrogen) atoms. The molecule has 0 radical (unpaired) electrons. The molecule has 0 unspecified atom stereocenters. The maximum Gasteiger partial charge on any atom is 0.0637 e. The van der Waals surface area contributed by atoms with Gasteiger partial charge in [0.15, 0.2) is 0 Å². The summed E-state index contributed by atoms with van der Waals surface area (Å²) in [6.07, 6.45) is 0. The standard InChI is InChI=1S/C3H6INO/c1-3(2-4)5-6/h6H,2H2,1H3. The molecule has 0 atom stereocenters. The zero-order chi connectivity index (χ0) is 4.99. The monoisotopic (exact) mass is 199 g/mol. The molecule has 0 aromatic heterocycles. The van der Waals surface area contributed by atoms with Crippen LogP contribution in [0.5, 0.6) is 0 Å². The zero-order valence-electron chi connectivity index (χ0n) is 3.48. The van der Waals surface area contributed by atoms with E-state index in [1.165, 1.54) is 0 Å². The van der Waals surface area contributed by atoms with Gasteiger partial charge in [-0.2, -0.15) is 0 Å². The van der Waals surface area contributed by atoms with E-state index in [-0.39, 0.29) is 0 Å². The summed E-state index contributed by atoms with van der Waals surface area (Å²) in [7, 11) is 0. The Morgan fingerprint density at radius 2 is 2.50 bits per heavy atom. The molecule has 1 N–H and O–H groups in total. The van der Waals surface area contributed by atoms with Crippen molar-refractivity contribution >= 4 is 28.3 Å². The summed E-state index contributed by atoms with van der Waals surface area (Å²) in [6, 6.07) is 0. The molecule has 36 valence electrons. The first-order chi connectivity index (χ1) is 2.81. The van der Waals surface area contributed by atoms with E-state index < -0.39 is 0 Å². The molecule has 0 aliphatic carbocycles. The fourth-order valence-corrected chi connectivity index (χ4v) is 0.179. The number of hydrogen-bond acceptors (Lipinski definition) is 2. The summed E-state index contributed by atoms with van der Waals surface area (Å²) in [5, 5.41) is 10.8. The van der Waals surface area contributed by atoms with Gasteiger partial charge >= 0.3 is 0 Å². The number of alkyl halides is 1. The SMILES string of the molecule is CC(CI)=NO. The molecule has 0 aromatic carbocycles. The van der Waals surface area contributed by atoms with Gasteiger partial charge in [-0.3, -0.25) is 0 Å². The fraction of sp³-hybridized carbons (Fsp3) is 0.667. The Labute approximate surface area is 50.4 Å². The van der Waals surface area contributed by atoms with Gasteiger partial charge < -0.3 is 5.21 Å². The average molecular weight is 199 g/mol. The lowest BCUT2D eigenvalue weighted by Gasteiger charge is -1.80. The largest absolute Gasteiger partial charge is 0.411 e. The van der Waals surface area contributed by atoms with Crippen molar-refractivity contribution in [1.29, 1.82) is 0 Å². The first-order valence-electron chi connectivity index (χ1n) is 1.54. The van der Waals surface area contributed by atoms with Crippen molar-refractivity contribution in [3.8, 4) is 0 Å². The van der Waals surface area contributed by atoms with Gasteiger partial charge in [0.05, 0.1) is 5.71 Å². The molecule has 0 aliphatic rings. The molecule has 0 spiro atoms. The predicted octanol–water partition coefficient (Wildman–Crippen LogP) is 1.27. The number of rotatable bonds is 1. The summed E-state index contributed by atoms with van der Waals surface area (Å²) in [5.41, 5.74) is 0.760. The summed E-state index contributed by atoms with van der Waals surface area (Å²) < 4.78 is 0.800. The average Bonchev–Trinajstić information content (AvgIpc) is 1.65. The minimum atomic E-state index is 0.760. The van der Waals surface area contributed by atoms with Crippen molar-refractivity contribution < 1.29 is 5.21 Å². The molecule has 0 saturated heterocycles. The quantitative estimate of drug-likeness (QED) is 0.223. The van der Waals surface area contributed by atoms with Gasteiger partial charge in [0.25, 0.3) is 0 Å². The summed E-state index contributed by atoms with van der Waals surface area (Å²) in [6.45, 7) is 1.77. The Morgan fingerprint density at radius 1 is 2.00 bits per heavy atom. The van der Waals surface area contributed by atoms with Crippen LogP contribution in [0.1, 0.15) is 6.92 Å². The van der Waals surface area contributed by atoms with E-state index >= 15 is 0 Å². The fourth-order valence-electron chi connectivity index (χ4n) is 0.0267. The number of nitrogens with zero attached hydrogens (tertiary/aromatic N) is 1. The highest BCUT2D eigenvalue weighted by molar-refractivity contribution is 14.1. The van der Waals surface area contributed by atoms with Crippen molar-refractivity contribution in [1.82, 2.24) is 0 Å². The first-order valence-corrected chi connectivity index (χ1v) is 3.07. The highest BCUT2D eigenvalue weighted by Crippen LogP contribution is 1.82. The summed E-state index contributed by atoms with van der Waals surface area (Å²) >= 11 is 2.12. The van der Waals surface area contributed by atoms with Crippen LogP contribution in [0.15, 0.2) is 5.16 Å². The summed E-state index contributed by atoms with van der Waals surface area (Å²) in [4.78, 5) is 0. The lowest BCUT2D eigenvalue weighted by Crippen LogP contribution is -1.88. The molecule has 0 heterocycles. The lowest BCUT2D eigenvalue weighted by molar-refractivity contribution is 0.318. The van der Waals surface area contributed by atoms with Crippen LogP contribution in [0.3, 0.4) is 0 Å². The molecule has 0 bridgehead atoms. The van der Waals surface area contributed by atoms with Crippen molar-refractivity contribution in [2.75, 3.05) is 4.43 Å². The molecular weight excluding hydrogens is 193 g/mol. The third-order valence-corrected chi connectivity index (χ3v) is 1.47. The van der Waals surface area contributed by atoms with Crippen LogP contribution in [0.2, 0.25) is 0 Å². The second kappa shape index (κ2) is 3.39. The minimum absolute atomic E-state index is 0.760. The first kappa shape index (κ1) is 6.20. The van der Waals surface area contributed by atoms with Crippen molar-refractivity contribution in [2.24, 2.45) is 5.16 Å². The second-order valence-corrected chi connectivity index (χ2v) is 1.73. The smallest absolute Gasteiger partial charge is 0.0637 e. The number of halogens is 1. The van der Waals surface area contributed by atoms with E-state index in [0.29, 0.717) is 0 Å². The molecule has 0 aromatic rings. The topological polar surface area (TPSA) is 32.6 Å². The Hall–Kier alpha value is 0.200. The van der Waals surface area contributed by atoms with Crippen molar-refractivity contribution in [2.45, 2.75) is 6.92 Å². The third-order valence-electron chi connectivity index (χ3n) is 0.364. The van der Waals surface area contributed by atoms with Crippen LogP contribution >= 0.6 is 22.6 Å². The van der Waals surface area contributed by atoms with E-state index in [4.69, 9.17) is 5.21 Å². The Bertz CT molecular complexity index is 61.8. The number of oxime groups is 1. The minimum Gasteiger partial charge on any atom is -0.411 e. The predicted molar refractivity (Wildman–Crippen MR) is 33.8 cm³/mol. The highest BCUT2D eigenvalue weighted by Gasteiger charge is 1.79. The zero-order valence-corrected chi connectivity index (χ0v) is 5.64. The Balaban J connectivity index is 3.22. The van der Waals surface area contributed by atoms with Crippen LogP contribution in [0.25, 0.3) is 0 Å². The normalized spacial score (nSPS) is 12.0. The van der Waals surface area contributed by atoms with Crippen molar-refractivity contribution in [3.05, 3.63) is 0 Å². The lowest BCUT2D eigenvalue weighted by atomic mass is 10.5. The van der Waals surface area contributed by atoms with E-state index in [1.54, 1.807) is 6.92 Å². The number of hydrogen-bond donors (Lipinski definition) is 1. The van der Waals surface area contributed by atoms with Crippen molar-refractivity contribution in [3.63, 3.8) is 0 Å². The van der Waals surface area contributed by atoms with E-state index in [0.717, 1.165) is 10.1 Å². The second-order valence-electron chi connectivity index (χ2n) is 0.969. The maximum atomic E-state index is 7.92. The molecule has 0 amide bonds. The van der Waals surface area contributed by atoms with Gasteiger partial charge in [0.2, 0.25) is 0 Å². The molecule has 0 fully saturated rings. The molecule has 0 rings (SSSR count). The van der Waals surface area contributed by atoms with Crippen LogP contribution in [0, 0.1) is 0 Å². The van der Waals surface area contributed by atoms with Gasteiger partial charge in [-0.05, 0) is 6.92 Å².